The van der Waals surface area contributed by atoms with Crippen molar-refractivity contribution in [2.45, 2.75) is 206 Å². The molecule has 0 radical (unpaired) electrons. The minimum absolute atomic E-state index is 0.0130. The Morgan fingerprint density at radius 2 is 0.881 bits per heavy atom. The maximum atomic E-state index is 12.5. The molecular formula is C36H69NO5. The molecule has 6 nitrogen and oxygen atoms in total. The number of amides is 1. The number of nitrogens with one attached hydrogen (secondary N) is 1. The molecule has 2 N–H and O–H groups in total. The fraction of sp³-hybridized carbons (Fsp3) is 0.917. The molecule has 0 heterocycles. The lowest BCUT2D eigenvalue weighted by atomic mass is 10.0. The first-order valence-electron chi connectivity index (χ1n) is 18.2. The van der Waals surface area contributed by atoms with Gasteiger partial charge in [-0.1, -0.05) is 149 Å². The van der Waals surface area contributed by atoms with E-state index in [1.165, 1.54) is 116 Å². The highest BCUT2D eigenvalue weighted by Crippen LogP contribution is 2.18. The molecule has 0 rings (SSSR count). The first-order valence-corrected chi connectivity index (χ1v) is 18.2. The van der Waals surface area contributed by atoms with Crippen LogP contribution in [0.4, 0.5) is 0 Å². The van der Waals surface area contributed by atoms with Gasteiger partial charge >= 0.3 is 11.9 Å². The molecule has 0 bridgehead atoms. The number of hydrogen-bond acceptors (Lipinski definition) is 4. The topological polar surface area (TPSA) is 92.7 Å². The third-order valence-electron chi connectivity index (χ3n) is 8.28. The Morgan fingerprint density at radius 3 is 1.31 bits per heavy atom. The van der Waals surface area contributed by atoms with Gasteiger partial charge in [0.05, 0.1) is 0 Å². The zero-order valence-electron chi connectivity index (χ0n) is 27.9. The molecule has 1 unspecified atom stereocenters. The van der Waals surface area contributed by atoms with Gasteiger partial charge in [-0.2, -0.15) is 0 Å². The van der Waals surface area contributed by atoms with E-state index in [9.17, 15) is 14.4 Å². The molecule has 0 spiro atoms. The summed E-state index contributed by atoms with van der Waals surface area (Å²) in [6, 6.07) is 0. The average Bonchev–Trinajstić information content (AvgIpc) is 2.97. The number of carbonyl (C=O) groups excluding carboxylic acids is 2. The predicted octanol–water partition coefficient (Wildman–Crippen LogP) is 10.5. The van der Waals surface area contributed by atoms with Crippen molar-refractivity contribution in [3.8, 4) is 0 Å². The van der Waals surface area contributed by atoms with Crippen molar-refractivity contribution in [3.63, 3.8) is 0 Å². The number of aliphatic carboxylic acids is 1. The van der Waals surface area contributed by atoms with Crippen molar-refractivity contribution in [2.24, 2.45) is 0 Å². The van der Waals surface area contributed by atoms with Crippen LogP contribution >= 0.6 is 0 Å². The van der Waals surface area contributed by atoms with E-state index in [4.69, 9.17) is 9.84 Å². The van der Waals surface area contributed by atoms with Crippen LogP contribution in [0.1, 0.15) is 200 Å². The van der Waals surface area contributed by atoms with E-state index in [1.807, 2.05) is 0 Å². The summed E-state index contributed by atoms with van der Waals surface area (Å²) in [6.07, 6.45) is 33.9. The molecule has 0 aromatic rings. The molecule has 1 atom stereocenters. The Morgan fingerprint density at radius 1 is 0.524 bits per heavy atom. The van der Waals surface area contributed by atoms with Gasteiger partial charge in [0.1, 0.15) is 12.6 Å². The Kier molecular flexibility index (Phi) is 31.1. The molecule has 0 saturated heterocycles. The first kappa shape index (κ1) is 40.4. The van der Waals surface area contributed by atoms with E-state index in [1.54, 1.807) is 0 Å². The van der Waals surface area contributed by atoms with Crippen LogP contribution in [0.25, 0.3) is 0 Å². The summed E-state index contributed by atoms with van der Waals surface area (Å²) >= 11 is 0. The molecular weight excluding hydrogens is 526 g/mol. The van der Waals surface area contributed by atoms with Crippen molar-refractivity contribution in [2.75, 3.05) is 6.54 Å². The van der Waals surface area contributed by atoms with E-state index < -0.39 is 5.97 Å². The van der Waals surface area contributed by atoms with Gasteiger partial charge in [-0.05, 0) is 38.5 Å². The Balaban J connectivity index is 3.80. The molecule has 6 heteroatoms. The zero-order valence-corrected chi connectivity index (χ0v) is 27.9. The fourth-order valence-corrected chi connectivity index (χ4v) is 5.57. The summed E-state index contributed by atoms with van der Waals surface area (Å²) in [6.45, 7) is 4.17. The van der Waals surface area contributed by atoms with Gasteiger partial charge in [-0.3, -0.25) is 14.4 Å². The quantitative estimate of drug-likeness (QED) is 0.0581. The third-order valence-corrected chi connectivity index (χ3v) is 8.28. The van der Waals surface area contributed by atoms with Gasteiger partial charge in [0.2, 0.25) is 5.91 Å². The fourth-order valence-electron chi connectivity index (χ4n) is 5.57. The summed E-state index contributed by atoms with van der Waals surface area (Å²) in [4.78, 5) is 34.6. The maximum absolute atomic E-state index is 12.5. The molecule has 42 heavy (non-hydrogen) atoms. The minimum atomic E-state index is -1.02. The van der Waals surface area contributed by atoms with Gasteiger partial charge in [0.25, 0.3) is 0 Å². The Labute approximate surface area is 259 Å². The molecule has 0 aliphatic rings. The number of carboxylic acids is 1. The number of hydrogen-bond donors (Lipinski definition) is 2. The number of esters is 1. The highest BCUT2D eigenvalue weighted by atomic mass is 16.5. The standard InChI is InChI=1S/C36H69NO5/c1-3-5-7-9-10-11-12-13-14-15-16-17-18-19-20-21-27-31-36(41)42-33(28-24-8-6-4-2)29-25-22-23-26-30-34(38)37-32-35(39)40/h33H,3-32H2,1-2H3,(H,37,38)(H,39,40). The van der Waals surface area contributed by atoms with Crippen molar-refractivity contribution in [1.82, 2.24) is 5.32 Å². The van der Waals surface area contributed by atoms with Crippen LogP contribution in [0.2, 0.25) is 0 Å². The lowest BCUT2D eigenvalue weighted by Crippen LogP contribution is -2.28. The maximum Gasteiger partial charge on any atom is 0.322 e. The van der Waals surface area contributed by atoms with Crippen LogP contribution in [-0.4, -0.2) is 35.6 Å². The number of rotatable bonds is 33. The van der Waals surface area contributed by atoms with Crippen LogP contribution < -0.4 is 5.32 Å². The van der Waals surface area contributed by atoms with Gasteiger partial charge in [-0.25, -0.2) is 0 Å². The lowest BCUT2D eigenvalue weighted by molar-refractivity contribution is -0.150. The summed E-state index contributed by atoms with van der Waals surface area (Å²) in [5, 5.41) is 11.0. The van der Waals surface area contributed by atoms with Crippen molar-refractivity contribution in [1.29, 1.82) is 0 Å². The van der Waals surface area contributed by atoms with Crippen LogP contribution in [0.5, 0.6) is 0 Å². The average molecular weight is 596 g/mol. The third kappa shape index (κ3) is 31.3. The second kappa shape index (κ2) is 32.3. The van der Waals surface area contributed by atoms with Gasteiger partial charge in [0.15, 0.2) is 0 Å². The molecule has 0 fully saturated rings. The van der Waals surface area contributed by atoms with Crippen molar-refractivity contribution in [3.05, 3.63) is 0 Å². The first-order chi connectivity index (χ1) is 20.5. The molecule has 0 saturated carbocycles. The van der Waals surface area contributed by atoms with Gasteiger partial charge < -0.3 is 15.2 Å². The van der Waals surface area contributed by atoms with E-state index in [0.717, 1.165) is 57.8 Å². The number of unbranched alkanes of at least 4 members (excludes halogenated alkanes) is 22. The zero-order chi connectivity index (χ0) is 30.9. The van der Waals surface area contributed by atoms with Gasteiger partial charge in [-0.15, -0.1) is 0 Å². The number of carboxylic acid groups (broad SMARTS) is 1. The minimum Gasteiger partial charge on any atom is -0.480 e. The van der Waals surface area contributed by atoms with Crippen LogP contribution in [-0.2, 0) is 19.1 Å². The van der Waals surface area contributed by atoms with E-state index in [-0.39, 0.29) is 24.5 Å². The second-order valence-electron chi connectivity index (χ2n) is 12.5. The number of carbonyl (C=O) groups is 3. The SMILES string of the molecule is CCCCCCCCCCCCCCCCCCCC(=O)OC(CCCCCC)CCCCCCC(=O)NCC(=O)O. The predicted molar refractivity (Wildman–Crippen MR) is 176 cm³/mol. The number of ether oxygens (including phenoxy) is 1. The highest BCUT2D eigenvalue weighted by Gasteiger charge is 2.14. The summed E-state index contributed by atoms with van der Waals surface area (Å²) < 4.78 is 5.90. The molecule has 1 amide bonds. The summed E-state index contributed by atoms with van der Waals surface area (Å²) in [5.41, 5.74) is 0. The van der Waals surface area contributed by atoms with Crippen molar-refractivity contribution >= 4 is 17.8 Å². The normalized spacial score (nSPS) is 11.9. The highest BCUT2D eigenvalue weighted by molar-refractivity contribution is 5.80. The van der Waals surface area contributed by atoms with E-state index >= 15 is 0 Å². The molecule has 0 aromatic carbocycles. The lowest BCUT2D eigenvalue weighted by Gasteiger charge is -2.18. The summed E-state index contributed by atoms with van der Waals surface area (Å²) in [7, 11) is 0. The smallest absolute Gasteiger partial charge is 0.322 e. The Hall–Kier alpha value is -1.59. The molecule has 248 valence electrons. The van der Waals surface area contributed by atoms with Crippen LogP contribution in [0, 0.1) is 0 Å². The van der Waals surface area contributed by atoms with Crippen molar-refractivity contribution < 1.29 is 24.2 Å². The molecule has 0 aliphatic heterocycles. The van der Waals surface area contributed by atoms with E-state index in [2.05, 4.69) is 19.2 Å². The largest absolute Gasteiger partial charge is 0.480 e. The van der Waals surface area contributed by atoms with E-state index in [0.29, 0.717) is 12.8 Å². The molecule has 0 aromatic heterocycles. The Bertz CT molecular complexity index is 624. The van der Waals surface area contributed by atoms with Crippen LogP contribution in [0.15, 0.2) is 0 Å². The summed E-state index contributed by atoms with van der Waals surface area (Å²) in [5.74, 6) is -1.26. The molecule has 0 aliphatic carbocycles. The monoisotopic (exact) mass is 596 g/mol. The van der Waals surface area contributed by atoms with Crippen LogP contribution in [0.3, 0.4) is 0 Å². The second-order valence-corrected chi connectivity index (χ2v) is 12.5. The van der Waals surface area contributed by atoms with Gasteiger partial charge in [0, 0.05) is 12.8 Å².